The minimum Gasteiger partial charge on any atom is -0.295 e. The van der Waals surface area contributed by atoms with Crippen LogP contribution in [0.3, 0.4) is 0 Å². The van der Waals surface area contributed by atoms with E-state index in [9.17, 15) is 9.18 Å². The van der Waals surface area contributed by atoms with Gasteiger partial charge in [0, 0.05) is 6.42 Å². The standard InChI is InChI=1S/C13H15FO/c1-2-3-4-13(15)10-7-11-5-8-12(14)9-6-11/h5-10H,2-4H2,1H3. The fourth-order valence-electron chi connectivity index (χ4n) is 1.20. The molecule has 0 saturated heterocycles. The van der Waals surface area contributed by atoms with E-state index >= 15 is 0 Å². The average Bonchev–Trinajstić information content (AvgIpc) is 2.25. The molecule has 0 heterocycles. The number of hydrogen-bond donors (Lipinski definition) is 0. The second-order valence-electron chi connectivity index (χ2n) is 3.45. The molecule has 0 unspecified atom stereocenters. The van der Waals surface area contributed by atoms with Crippen molar-refractivity contribution in [2.75, 3.05) is 0 Å². The predicted octanol–water partition coefficient (Wildman–Crippen LogP) is 3.60. The Labute approximate surface area is 89.6 Å². The van der Waals surface area contributed by atoms with E-state index in [1.165, 1.54) is 12.1 Å². The molecule has 1 aromatic carbocycles. The van der Waals surface area contributed by atoms with Crippen LogP contribution in [-0.4, -0.2) is 5.78 Å². The van der Waals surface area contributed by atoms with Crippen LogP contribution < -0.4 is 0 Å². The SMILES string of the molecule is CCCCC(=O)C=Cc1ccc(F)cc1. The zero-order valence-corrected chi connectivity index (χ0v) is 8.87. The number of carbonyl (C=O) groups excluding carboxylic acids is 1. The summed E-state index contributed by atoms with van der Waals surface area (Å²) in [5, 5.41) is 0. The summed E-state index contributed by atoms with van der Waals surface area (Å²) in [6.45, 7) is 2.05. The fourth-order valence-corrected chi connectivity index (χ4v) is 1.20. The second-order valence-corrected chi connectivity index (χ2v) is 3.45. The van der Waals surface area contributed by atoms with Crippen LogP contribution in [0, 0.1) is 5.82 Å². The number of carbonyl (C=O) groups is 1. The number of allylic oxidation sites excluding steroid dienone is 1. The van der Waals surface area contributed by atoms with Gasteiger partial charge in [-0.2, -0.15) is 0 Å². The Bertz CT molecular complexity index is 338. The third kappa shape index (κ3) is 4.54. The summed E-state index contributed by atoms with van der Waals surface area (Å²) >= 11 is 0. The van der Waals surface area contributed by atoms with Crippen LogP contribution in [0.4, 0.5) is 4.39 Å². The van der Waals surface area contributed by atoms with Gasteiger partial charge in [0.1, 0.15) is 5.82 Å². The molecule has 0 bridgehead atoms. The molecule has 1 rings (SSSR count). The van der Waals surface area contributed by atoms with Gasteiger partial charge in [-0.1, -0.05) is 31.6 Å². The number of ketones is 1. The maximum atomic E-state index is 12.6. The van der Waals surface area contributed by atoms with Gasteiger partial charge in [0.05, 0.1) is 0 Å². The van der Waals surface area contributed by atoms with E-state index in [1.807, 2.05) is 0 Å². The largest absolute Gasteiger partial charge is 0.295 e. The molecule has 80 valence electrons. The molecule has 0 radical (unpaired) electrons. The van der Waals surface area contributed by atoms with Crippen LogP contribution in [0.5, 0.6) is 0 Å². The Morgan fingerprint density at radius 3 is 2.60 bits per heavy atom. The summed E-state index contributed by atoms with van der Waals surface area (Å²) in [6.07, 6.45) is 5.82. The first-order valence-corrected chi connectivity index (χ1v) is 5.19. The first-order chi connectivity index (χ1) is 7.22. The van der Waals surface area contributed by atoms with E-state index in [1.54, 1.807) is 24.3 Å². The average molecular weight is 206 g/mol. The van der Waals surface area contributed by atoms with E-state index in [2.05, 4.69) is 6.92 Å². The molecule has 0 amide bonds. The van der Waals surface area contributed by atoms with Gasteiger partial charge < -0.3 is 0 Å². The molecule has 0 N–H and O–H groups in total. The summed E-state index contributed by atoms with van der Waals surface area (Å²) < 4.78 is 12.6. The molecule has 0 aromatic heterocycles. The lowest BCUT2D eigenvalue weighted by molar-refractivity contribution is -0.114. The molecular formula is C13H15FO. The van der Waals surface area contributed by atoms with E-state index in [4.69, 9.17) is 0 Å². The lowest BCUT2D eigenvalue weighted by Gasteiger charge is -1.93. The van der Waals surface area contributed by atoms with Gasteiger partial charge in [0.25, 0.3) is 0 Å². The predicted molar refractivity (Wildman–Crippen MR) is 60.0 cm³/mol. The number of unbranched alkanes of at least 4 members (excludes halogenated alkanes) is 1. The molecule has 0 aliphatic carbocycles. The zero-order chi connectivity index (χ0) is 11.1. The Morgan fingerprint density at radius 2 is 2.00 bits per heavy atom. The van der Waals surface area contributed by atoms with Gasteiger partial charge in [-0.15, -0.1) is 0 Å². The lowest BCUT2D eigenvalue weighted by atomic mass is 10.1. The number of rotatable bonds is 5. The zero-order valence-electron chi connectivity index (χ0n) is 8.87. The summed E-state index contributed by atoms with van der Waals surface area (Å²) in [5.74, 6) is -0.134. The van der Waals surface area contributed by atoms with Crippen molar-refractivity contribution in [2.45, 2.75) is 26.2 Å². The van der Waals surface area contributed by atoms with E-state index < -0.39 is 0 Å². The Morgan fingerprint density at radius 1 is 1.33 bits per heavy atom. The van der Waals surface area contributed by atoms with Gasteiger partial charge in [-0.05, 0) is 30.2 Å². The van der Waals surface area contributed by atoms with Crippen LogP contribution in [0.1, 0.15) is 31.7 Å². The van der Waals surface area contributed by atoms with Crippen LogP contribution >= 0.6 is 0 Å². The fraction of sp³-hybridized carbons (Fsp3) is 0.308. The van der Waals surface area contributed by atoms with Gasteiger partial charge in [0.15, 0.2) is 5.78 Å². The van der Waals surface area contributed by atoms with E-state index in [0.717, 1.165) is 18.4 Å². The Balaban J connectivity index is 2.50. The van der Waals surface area contributed by atoms with Crippen molar-refractivity contribution in [2.24, 2.45) is 0 Å². The molecule has 0 atom stereocenters. The quantitative estimate of drug-likeness (QED) is 0.673. The number of benzene rings is 1. The summed E-state index contributed by atoms with van der Waals surface area (Å²) in [7, 11) is 0. The van der Waals surface area contributed by atoms with Crippen molar-refractivity contribution in [1.82, 2.24) is 0 Å². The van der Waals surface area contributed by atoms with Gasteiger partial charge in [0.2, 0.25) is 0 Å². The van der Waals surface area contributed by atoms with Crippen molar-refractivity contribution in [3.05, 3.63) is 41.7 Å². The highest BCUT2D eigenvalue weighted by Crippen LogP contribution is 2.05. The third-order valence-electron chi connectivity index (χ3n) is 2.11. The smallest absolute Gasteiger partial charge is 0.155 e. The topological polar surface area (TPSA) is 17.1 Å². The van der Waals surface area contributed by atoms with Crippen molar-refractivity contribution < 1.29 is 9.18 Å². The van der Waals surface area contributed by atoms with Crippen molar-refractivity contribution in [1.29, 1.82) is 0 Å². The molecule has 0 aliphatic heterocycles. The maximum absolute atomic E-state index is 12.6. The number of halogens is 1. The summed E-state index contributed by atoms with van der Waals surface area (Å²) in [5.41, 5.74) is 0.848. The minimum atomic E-state index is -0.260. The molecule has 1 nitrogen and oxygen atoms in total. The van der Waals surface area contributed by atoms with Crippen LogP contribution in [0.15, 0.2) is 30.3 Å². The molecule has 0 fully saturated rings. The molecule has 1 aromatic rings. The highest BCUT2D eigenvalue weighted by atomic mass is 19.1. The van der Waals surface area contributed by atoms with Crippen molar-refractivity contribution >= 4 is 11.9 Å². The van der Waals surface area contributed by atoms with Crippen molar-refractivity contribution in [3.8, 4) is 0 Å². The Kier molecular flexibility index (Phi) is 4.75. The van der Waals surface area contributed by atoms with Gasteiger partial charge in [-0.25, -0.2) is 4.39 Å². The molecular weight excluding hydrogens is 191 g/mol. The first kappa shape index (κ1) is 11.6. The maximum Gasteiger partial charge on any atom is 0.155 e. The minimum absolute atomic E-state index is 0.126. The second kappa shape index (κ2) is 6.12. The third-order valence-corrected chi connectivity index (χ3v) is 2.11. The monoisotopic (exact) mass is 206 g/mol. The van der Waals surface area contributed by atoms with E-state index in [0.29, 0.717) is 6.42 Å². The first-order valence-electron chi connectivity index (χ1n) is 5.19. The Hall–Kier alpha value is -1.44. The molecule has 15 heavy (non-hydrogen) atoms. The number of hydrogen-bond acceptors (Lipinski definition) is 1. The van der Waals surface area contributed by atoms with Gasteiger partial charge >= 0.3 is 0 Å². The molecule has 0 spiro atoms. The molecule has 0 aliphatic rings. The molecule has 2 heteroatoms. The van der Waals surface area contributed by atoms with Crippen LogP contribution in [-0.2, 0) is 4.79 Å². The van der Waals surface area contributed by atoms with Gasteiger partial charge in [-0.3, -0.25) is 4.79 Å². The molecule has 0 saturated carbocycles. The summed E-state index contributed by atoms with van der Waals surface area (Å²) in [4.78, 5) is 11.3. The van der Waals surface area contributed by atoms with Crippen LogP contribution in [0.2, 0.25) is 0 Å². The highest BCUT2D eigenvalue weighted by Gasteiger charge is 1.95. The van der Waals surface area contributed by atoms with E-state index in [-0.39, 0.29) is 11.6 Å². The normalized spacial score (nSPS) is 10.8. The van der Waals surface area contributed by atoms with Crippen LogP contribution in [0.25, 0.3) is 6.08 Å². The van der Waals surface area contributed by atoms with Crippen molar-refractivity contribution in [3.63, 3.8) is 0 Å². The summed E-state index contributed by atoms with van der Waals surface area (Å²) in [6, 6.07) is 6.07. The highest BCUT2D eigenvalue weighted by molar-refractivity contribution is 5.93. The lowest BCUT2D eigenvalue weighted by Crippen LogP contribution is -1.90.